The van der Waals surface area contributed by atoms with Crippen molar-refractivity contribution in [2.24, 2.45) is 0 Å². The molecular weight excluding hydrogens is 158 g/mol. The van der Waals surface area contributed by atoms with Gasteiger partial charge in [-0.25, -0.2) is 0 Å². The van der Waals surface area contributed by atoms with Crippen LogP contribution >= 0.6 is 12.8 Å². The molecule has 0 N–H and O–H groups in total. The molecular formula is C8H9NOS. The Bertz CT molecular complexity index is 264. The van der Waals surface area contributed by atoms with Crippen LogP contribution in [0.5, 0.6) is 5.75 Å². The van der Waals surface area contributed by atoms with Crippen molar-refractivity contribution in [1.82, 2.24) is 0 Å². The molecule has 0 amide bonds. The molecule has 0 unspecified atom stereocenters. The van der Waals surface area contributed by atoms with Gasteiger partial charge in [-0.15, -0.1) is 0 Å². The van der Waals surface area contributed by atoms with Crippen molar-refractivity contribution < 1.29 is 4.74 Å². The minimum absolute atomic E-state index is 0.723. The van der Waals surface area contributed by atoms with E-state index in [9.17, 15) is 0 Å². The molecule has 0 saturated carbocycles. The van der Waals surface area contributed by atoms with Crippen molar-refractivity contribution in [3.8, 4) is 5.75 Å². The summed E-state index contributed by atoms with van der Waals surface area (Å²) in [6.07, 6.45) is 0. The molecule has 0 bridgehead atoms. The van der Waals surface area contributed by atoms with Crippen LogP contribution in [0.1, 0.15) is 0 Å². The van der Waals surface area contributed by atoms with Crippen molar-refractivity contribution in [2.75, 3.05) is 17.5 Å². The van der Waals surface area contributed by atoms with E-state index < -0.39 is 0 Å². The van der Waals surface area contributed by atoms with Gasteiger partial charge in [0, 0.05) is 0 Å². The third-order valence-corrected chi connectivity index (χ3v) is 2.12. The lowest BCUT2D eigenvalue weighted by Crippen LogP contribution is -2.24. The Morgan fingerprint density at radius 3 is 3.00 bits per heavy atom. The quantitative estimate of drug-likeness (QED) is 0.591. The van der Waals surface area contributed by atoms with Crippen molar-refractivity contribution in [1.29, 1.82) is 0 Å². The molecule has 1 heterocycles. The predicted octanol–water partition coefficient (Wildman–Crippen LogP) is 1.73. The summed E-state index contributed by atoms with van der Waals surface area (Å²) in [6, 6.07) is 7.90. The van der Waals surface area contributed by atoms with Crippen molar-refractivity contribution in [3.05, 3.63) is 24.3 Å². The molecule has 0 saturated heterocycles. The van der Waals surface area contributed by atoms with Crippen LogP contribution in [-0.2, 0) is 0 Å². The highest BCUT2D eigenvalue weighted by Crippen LogP contribution is 2.31. The van der Waals surface area contributed by atoms with E-state index in [0.29, 0.717) is 0 Å². The number of thiol groups is 1. The lowest BCUT2D eigenvalue weighted by molar-refractivity contribution is 0.318. The monoisotopic (exact) mass is 167 g/mol. The number of benzene rings is 1. The number of para-hydroxylation sites is 2. The molecule has 1 aliphatic rings. The molecule has 3 heteroatoms. The first-order valence-electron chi connectivity index (χ1n) is 3.56. The number of anilines is 1. The Hall–Kier alpha value is -0.830. The average molecular weight is 167 g/mol. The third kappa shape index (κ3) is 1.16. The summed E-state index contributed by atoms with van der Waals surface area (Å²) in [5.41, 5.74) is 1.06. The van der Waals surface area contributed by atoms with Crippen LogP contribution < -0.4 is 9.04 Å². The lowest BCUT2D eigenvalue weighted by Gasteiger charge is -2.25. The number of nitrogens with zero attached hydrogens (tertiary/aromatic N) is 1. The molecule has 1 aromatic rings. The van der Waals surface area contributed by atoms with Crippen LogP contribution in [-0.4, -0.2) is 13.2 Å². The van der Waals surface area contributed by atoms with Crippen LogP contribution in [0.3, 0.4) is 0 Å². The second-order valence-electron chi connectivity index (χ2n) is 2.44. The fourth-order valence-corrected chi connectivity index (χ4v) is 1.40. The molecule has 0 spiro atoms. The Morgan fingerprint density at radius 1 is 1.36 bits per heavy atom. The molecule has 58 valence electrons. The van der Waals surface area contributed by atoms with Gasteiger partial charge >= 0.3 is 0 Å². The minimum atomic E-state index is 0.723. The first-order valence-corrected chi connectivity index (χ1v) is 3.96. The number of hydrogen-bond donors (Lipinski definition) is 1. The maximum Gasteiger partial charge on any atom is 0.143 e. The van der Waals surface area contributed by atoms with Crippen LogP contribution in [0.25, 0.3) is 0 Å². The Balaban J connectivity index is 2.44. The molecule has 0 aliphatic carbocycles. The number of fused-ring (bicyclic) bond motifs is 1. The molecule has 0 aromatic heterocycles. The minimum Gasteiger partial charge on any atom is -0.489 e. The molecule has 1 aliphatic heterocycles. The van der Waals surface area contributed by atoms with Gasteiger partial charge in [-0.1, -0.05) is 24.9 Å². The van der Waals surface area contributed by atoms with Gasteiger partial charge in [-0.05, 0) is 12.1 Å². The van der Waals surface area contributed by atoms with E-state index in [1.165, 1.54) is 0 Å². The first-order chi connectivity index (χ1) is 5.38. The normalized spacial score (nSPS) is 15.5. The highest BCUT2D eigenvalue weighted by Gasteiger charge is 2.13. The summed E-state index contributed by atoms with van der Waals surface area (Å²) in [7, 11) is 0. The summed E-state index contributed by atoms with van der Waals surface area (Å²) in [6.45, 7) is 1.57. The van der Waals surface area contributed by atoms with Gasteiger partial charge in [0.2, 0.25) is 0 Å². The summed E-state index contributed by atoms with van der Waals surface area (Å²) in [5, 5.41) is 0. The van der Waals surface area contributed by atoms with Crippen molar-refractivity contribution >= 4 is 18.5 Å². The van der Waals surface area contributed by atoms with Gasteiger partial charge < -0.3 is 9.04 Å². The van der Waals surface area contributed by atoms with Crippen molar-refractivity contribution in [3.63, 3.8) is 0 Å². The Labute approximate surface area is 71.3 Å². The second kappa shape index (κ2) is 2.66. The highest BCUT2D eigenvalue weighted by molar-refractivity contribution is 7.81. The van der Waals surface area contributed by atoms with Crippen molar-refractivity contribution in [2.45, 2.75) is 0 Å². The van der Waals surface area contributed by atoms with Gasteiger partial charge in [0.25, 0.3) is 0 Å². The number of ether oxygens (including phenoxy) is 1. The van der Waals surface area contributed by atoms with E-state index in [2.05, 4.69) is 12.8 Å². The van der Waals surface area contributed by atoms with Gasteiger partial charge in [-0.3, -0.25) is 0 Å². The fourth-order valence-electron chi connectivity index (χ4n) is 1.15. The summed E-state index contributed by atoms with van der Waals surface area (Å²) in [5.74, 6) is 0.925. The summed E-state index contributed by atoms with van der Waals surface area (Å²) >= 11 is 4.29. The van der Waals surface area contributed by atoms with Crippen LogP contribution in [0.2, 0.25) is 0 Å². The Kier molecular flexibility index (Phi) is 1.66. The smallest absolute Gasteiger partial charge is 0.143 e. The first kappa shape index (κ1) is 6.85. The van der Waals surface area contributed by atoms with E-state index in [1.54, 1.807) is 0 Å². The largest absolute Gasteiger partial charge is 0.489 e. The topological polar surface area (TPSA) is 12.5 Å². The standard InChI is InChI=1S/C8H9NOS/c11-9-5-6-10-8-4-2-1-3-7(8)9/h1-4,11H,5-6H2. The zero-order valence-corrected chi connectivity index (χ0v) is 6.92. The van der Waals surface area contributed by atoms with Gasteiger partial charge in [-0.2, -0.15) is 0 Å². The van der Waals surface area contributed by atoms with Crippen LogP contribution in [0, 0.1) is 0 Å². The van der Waals surface area contributed by atoms with Gasteiger partial charge in [0.1, 0.15) is 12.4 Å². The second-order valence-corrected chi connectivity index (χ2v) is 2.92. The summed E-state index contributed by atoms with van der Waals surface area (Å²) in [4.78, 5) is 0. The average Bonchev–Trinajstić information content (AvgIpc) is 2.06. The summed E-state index contributed by atoms with van der Waals surface area (Å²) < 4.78 is 7.30. The number of hydrogen-bond acceptors (Lipinski definition) is 3. The molecule has 0 radical (unpaired) electrons. The van der Waals surface area contributed by atoms with Crippen LogP contribution in [0.4, 0.5) is 5.69 Å². The lowest BCUT2D eigenvalue weighted by atomic mass is 10.2. The van der Waals surface area contributed by atoms with E-state index in [-0.39, 0.29) is 0 Å². The zero-order chi connectivity index (χ0) is 7.68. The molecule has 0 atom stereocenters. The van der Waals surface area contributed by atoms with Gasteiger partial charge in [0.05, 0.1) is 12.2 Å². The molecule has 2 nitrogen and oxygen atoms in total. The molecule has 2 rings (SSSR count). The third-order valence-electron chi connectivity index (χ3n) is 1.70. The molecule has 11 heavy (non-hydrogen) atoms. The zero-order valence-electron chi connectivity index (χ0n) is 6.03. The number of rotatable bonds is 0. The van der Waals surface area contributed by atoms with E-state index in [0.717, 1.165) is 24.6 Å². The predicted molar refractivity (Wildman–Crippen MR) is 48.3 cm³/mol. The van der Waals surface area contributed by atoms with E-state index in [4.69, 9.17) is 4.74 Å². The van der Waals surface area contributed by atoms with E-state index in [1.807, 2.05) is 28.6 Å². The highest BCUT2D eigenvalue weighted by atomic mass is 32.1. The van der Waals surface area contributed by atoms with E-state index >= 15 is 0 Å². The van der Waals surface area contributed by atoms with Crippen LogP contribution in [0.15, 0.2) is 24.3 Å². The molecule has 1 aromatic carbocycles. The maximum absolute atomic E-state index is 5.40. The SMILES string of the molecule is SN1CCOc2ccccc21. The Morgan fingerprint density at radius 2 is 2.18 bits per heavy atom. The maximum atomic E-state index is 5.40. The van der Waals surface area contributed by atoms with Gasteiger partial charge in [0.15, 0.2) is 0 Å². The molecule has 0 fully saturated rings. The fraction of sp³-hybridized carbons (Fsp3) is 0.250.